The van der Waals surface area contributed by atoms with Crippen LogP contribution in [0.5, 0.6) is 34.5 Å². The van der Waals surface area contributed by atoms with Crippen LogP contribution in [0.4, 0.5) is 13.2 Å². The van der Waals surface area contributed by atoms with Gasteiger partial charge >= 0.3 is 6.36 Å². The number of hydrogen-bond donors (Lipinski definition) is 0. The average molecular weight is 586 g/mol. The molecule has 0 atom stereocenters. The topological polar surface area (TPSA) is 55.4 Å². The van der Waals surface area contributed by atoms with E-state index in [1.54, 1.807) is 18.2 Å². The first-order valence-electron chi connectivity index (χ1n) is 9.23. The predicted octanol–water partition coefficient (Wildman–Crippen LogP) is 6.46. The van der Waals surface area contributed by atoms with Crippen LogP contribution < -0.4 is 28.4 Å². The monoisotopic (exact) mass is 584 g/mol. The summed E-state index contributed by atoms with van der Waals surface area (Å²) in [6.45, 7) is 0.916. The Labute approximate surface area is 200 Å². The van der Waals surface area contributed by atoms with E-state index in [4.69, 9.17) is 23.7 Å². The predicted molar refractivity (Wildman–Crippen MR) is 120 cm³/mol. The number of hydrogen-bond acceptors (Lipinski definition) is 6. The molecule has 0 saturated heterocycles. The van der Waals surface area contributed by atoms with Crippen LogP contribution in [0.25, 0.3) is 0 Å². The molecule has 2 aromatic carbocycles. The van der Waals surface area contributed by atoms with Gasteiger partial charge in [-0.2, -0.15) is 0 Å². The van der Waals surface area contributed by atoms with Crippen LogP contribution in [0.15, 0.2) is 45.9 Å². The largest absolute Gasteiger partial charge is 0.573 e. The summed E-state index contributed by atoms with van der Waals surface area (Å²) in [6.07, 6.45) is -2.43. The molecule has 2 rings (SSSR count). The normalized spacial score (nSPS) is 10.8. The van der Waals surface area contributed by atoms with Gasteiger partial charge in [-0.25, -0.2) is 0 Å². The number of benzene rings is 2. The van der Waals surface area contributed by atoms with Crippen molar-refractivity contribution in [2.75, 3.05) is 34.0 Å². The first-order chi connectivity index (χ1) is 15.2. The zero-order valence-electron chi connectivity index (χ0n) is 17.2. The summed E-state index contributed by atoms with van der Waals surface area (Å²) in [7, 11) is 3.02. The highest BCUT2D eigenvalue weighted by Gasteiger charge is 2.30. The Balaban J connectivity index is 1.87. The average Bonchev–Trinajstić information content (AvgIpc) is 2.73. The molecule has 0 aromatic heterocycles. The smallest absolute Gasteiger partial charge is 0.493 e. The fraction of sp³-hybridized carbons (Fsp3) is 0.333. The van der Waals surface area contributed by atoms with Gasteiger partial charge in [-0.15, -0.1) is 13.2 Å². The third-order valence-electron chi connectivity index (χ3n) is 3.78. The van der Waals surface area contributed by atoms with Crippen molar-refractivity contribution in [2.24, 2.45) is 0 Å². The lowest BCUT2D eigenvalue weighted by Crippen LogP contribution is -2.17. The second-order valence-corrected chi connectivity index (χ2v) is 8.80. The molecular weight excluding hydrogens is 565 g/mol. The molecule has 176 valence electrons. The van der Waals surface area contributed by atoms with Crippen molar-refractivity contribution >= 4 is 31.9 Å². The lowest BCUT2D eigenvalue weighted by atomic mass is 10.2. The molecule has 6 nitrogen and oxygen atoms in total. The molecule has 0 N–H and O–H groups in total. The van der Waals surface area contributed by atoms with Crippen molar-refractivity contribution < 1.29 is 41.6 Å². The van der Waals surface area contributed by atoms with Gasteiger partial charge in [-0.05, 0) is 62.2 Å². The highest BCUT2D eigenvalue weighted by atomic mass is 79.9. The maximum atomic E-state index is 12.2. The Hall–Kier alpha value is -2.27. The molecule has 0 bridgehead atoms. The molecule has 0 spiro atoms. The highest BCUT2D eigenvalue weighted by Crippen LogP contribution is 2.41. The highest BCUT2D eigenvalue weighted by molar-refractivity contribution is 9.28. The van der Waals surface area contributed by atoms with Crippen LogP contribution in [0, 0.1) is 0 Å². The zero-order valence-corrected chi connectivity index (χ0v) is 20.4. The van der Waals surface area contributed by atoms with Crippen molar-refractivity contribution in [1.29, 1.82) is 0 Å². The van der Waals surface area contributed by atoms with Crippen molar-refractivity contribution in [3.05, 3.63) is 45.9 Å². The van der Waals surface area contributed by atoms with Crippen molar-refractivity contribution in [1.82, 2.24) is 0 Å². The van der Waals surface area contributed by atoms with Crippen LogP contribution in [0.2, 0.25) is 0 Å². The molecular formula is C21H21Br2F3O6. The van der Waals surface area contributed by atoms with E-state index >= 15 is 0 Å². The summed E-state index contributed by atoms with van der Waals surface area (Å²) in [6, 6.07) is 8.55. The summed E-state index contributed by atoms with van der Waals surface area (Å²) in [5, 5.41) is 0. The summed E-state index contributed by atoms with van der Waals surface area (Å²) in [5.41, 5.74) is 0. The minimum Gasteiger partial charge on any atom is -0.493 e. The van der Waals surface area contributed by atoms with Crippen molar-refractivity contribution in [2.45, 2.75) is 12.8 Å². The molecule has 0 radical (unpaired) electrons. The molecule has 2 aromatic rings. The minimum atomic E-state index is -4.73. The molecule has 0 aliphatic rings. The van der Waals surface area contributed by atoms with Crippen LogP contribution in [0.3, 0.4) is 0 Å². The molecule has 0 saturated carbocycles. The first kappa shape index (κ1) is 26.0. The quantitative estimate of drug-likeness (QED) is 0.266. The number of rotatable bonds is 12. The standard InChI is InChI=1S/C21H21Br2F3O6/c1-27-17-12-16(30-11-8-19(22)23)13-18(28-2)20(17)31-10-3-9-29-14-4-6-15(7-5-14)32-21(24,25)26/h4-8,12-13H,3,9-11H2,1-2H3. The van der Waals surface area contributed by atoms with E-state index in [9.17, 15) is 13.2 Å². The fourth-order valence-electron chi connectivity index (χ4n) is 2.44. The minimum absolute atomic E-state index is 0.291. The van der Waals surface area contributed by atoms with E-state index in [1.807, 2.05) is 0 Å². The van der Waals surface area contributed by atoms with E-state index < -0.39 is 6.36 Å². The van der Waals surface area contributed by atoms with Crippen molar-refractivity contribution in [3.63, 3.8) is 0 Å². The molecule has 0 heterocycles. The van der Waals surface area contributed by atoms with E-state index in [0.717, 1.165) is 3.39 Å². The lowest BCUT2D eigenvalue weighted by molar-refractivity contribution is -0.274. The van der Waals surface area contributed by atoms with Gasteiger partial charge in [0.15, 0.2) is 11.5 Å². The van der Waals surface area contributed by atoms with Gasteiger partial charge in [0.2, 0.25) is 5.75 Å². The van der Waals surface area contributed by atoms with Crippen LogP contribution in [0.1, 0.15) is 6.42 Å². The Kier molecular flexibility index (Phi) is 10.3. The summed E-state index contributed by atoms with van der Waals surface area (Å²) < 4.78 is 68.9. The third-order valence-corrected chi connectivity index (χ3v) is 4.43. The maximum Gasteiger partial charge on any atom is 0.573 e. The molecule has 0 unspecified atom stereocenters. The Morgan fingerprint density at radius 3 is 1.94 bits per heavy atom. The maximum absolute atomic E-state index is 12.2. The molecule has 11 heteroatoms. The molecule has 0 fully saturated rings. The van der Waals surface area contributed by atoms with E-state index in [0.29, 0.717) is 55.0 Å². The Morgan fingerprint density at radius 1 is 0.844 bits per heavy atom. The Bertz CT molecular complexity index is 859. The van der Waals surface area contributed by atoms with Gasteiger partial charge < -0.3 is 28.4 Å². The second kappa shape index (κ2) is 12.7. The fourth-order valence-corrected chi connectivity index (χ4v) is 2.71. The van der Waals surface area contributed by atoms with Crippen LogP contribution in [-0.2, 0) is 0 Å². The van der Waals surface area contributed by atoms with Gasteiger partial charge in [-0.3, -0.25) is 0 Å². The molecule has 0 amide bonds. The summed E-state index contributed by atoms with van der Waals surface area (Å²) in [4.78, 5) is 0. The lowest BCUT2D eigenvalue weighted by Gasteiger charge is -2.16. The van der Waals surface area contributed by atoms with E-state index in [-0.39, 0.29) is 5.75 Å². The van der Waals surface area contributed by atoms with Crippen molar-refractivity contribution in [3.8, 4) is 34.5 Å². The number of alkyl halides is 3. The number of ether oxygens (including phenoxy) is 6. The van der Waals surface area contributed by atoms with Crippen LogP contribution in [-0.4, -0.2) is 40.4 Å². The third kappa shape index (κ3) is 9.07. The van der Waals surface area contributed by atoms with Gasteiger partial charge in [0, 0.05) is 18.6 Å². The summed E-state index contributed by atoms with van der Waals surface area (Å²) >= 11 is 6.51. The number of halogens is 5. The van der Waals surface area contributed by atoms with E-state index in [1.165, 1.54) is 38.5 Å². The molecule has 0 aliphatic heterocycles. The van der Waals surface area contributed by atoms with Gasteiger partial charge in [0.05, 0.1) is 30.8 Å². The van der Waals surface area contributed by atoms with Gasteiger partial charge in [0.1, 0.15) is 23.9 Å². The molecule has 0 aliphatic carbocycles. The van der Waals surface area contributed by atoms with E-state index in [2.05, 4.69) is 36.6 Å². The number of methoxy groups -OCH3 is 2. The second-order valence-electron chi connectivity index (χ2n) is 6.03. The van der Waals surface area contributed by atoms with Gasteiger partial charge in [-0.1, -0.05) is 0 Å². The SMILES string of the molecule is COc1cc(OCC=C(Br)Br)cc(OC)c1OCCCOc1ccc(OC(F)(F)F)cc1. The molecule has 32 heavy (non-hydrogen) atoms. The van der Waals surface area contributed by atoms with Gasteiger partial charge in [0.25, 0.3) is 0 Å². The van der Waals surface area contributed by atoms with Crippen LogP contribution >= 0.6 is 31.9 Å². The zero-order chi connectivity index (χ0) is 23.6. The summed E-state index contributed by atoms with van der Waals surface area (Å²) in [5.74, 6) is 1.97. The Morgan fingerprint density at radius 2 is 1.41 bits per heavy atom. The first-order valence-corrected chi connectivity index (χ1v) is 10.8.